The van der Waals surface area contributed by atoms with Gasteiger partial charge in [-0.25, -0.2) is 9.28 Å². The highest BCUT2D eigenvalue weighted by atomic mass is 35.5. The van der Waals surface area contributed by atoms with E-state index in [1.807, 2.05) is 6.92 Å². The van der Waals surface area contributed by atoms with Gasteiger partial charge in [-0.05, 0) is 18.6 Å². The molecule has 0 spiro atoms. The second-order valence-electron chi connectivity index (χ2n) is 6.56. The molecule has 1 fully saturated rings. The van der Waals surface area contributed by atoms with Crippen molar-refractivity contribution in [3.05, 3.63) is 41.3 Å². The van der Waals surface area contributed by atoms with E-state index in [-0.39, 0.29) is 35.9 Å². The van der Waals surface area contributed by atoms with E-state index in [1.165, 1.54) is 12.1 Å². The molecule has 1 aliphatic heterocycles. The predicted molar refractivity (Wildman–Crippen MR) is 104 cm³/mol. The number of hydrogen-bond acceptors (Lipinski definition) is 6. The van der Waals surface area contributed by atoms with Crippen LogP contribution in [0.4, 0.5) is 4.39 Å². The Morgan fingerprint density at radius 2 is 2.21 bits per heavy atom. The highest BCUT2D eigenvalue weighted by Crippen LogP contribution is 2.20. The number of carbonyl (C=O) groups excluding carboxylic acids is 2. The highest BCUT2D eigenvalue weighted by Gasteiger charge is 2.32. The number of benzene rings is 1. The lowest BCUT2D eigenvalue weighted by Crippen LogP contribution is -2.47. The first-order valence-corrected chi connectivity index (χ1v) is 9.57. The normalized spacial score (nSPS) is 19.4. The number of halogens is 2. The third-order valence-electron chi connectivity index (χ3n) is 4.35. The van der Waals surface area contributed by atoms with Crippen LogP contribution in [0.25, 0.3) is 0 Å². The van der Waals surface area contributed by atoms with Crippen molar-refractivity contribution in [1.29, 1.82) is 0 Å². The SMILES string of the molecule is C=C(CCNC(=O)COc1ccc(Cl)c(F)c1)NC(=O)C1CC(CC)N(C)OO1. The first-order valence-electron chi connectivity index (χ1n) is 9.19. The summed E-state index contributed by atoms with van der Waals surface area (Å²) in [4.78, 5) is 34.1. The lowest BCUT2D eigenvalue weighted by atomic mass is 10.1. The average molecular weight is 430 g/mol. The summed E-state index contributed by atoms with van der Waals surface area (Å²) < 4.78 is 18.5. The monoisotopic (exact) mass is 429 g/mol. The maximum atomic E-state index is 13.3. The zero-order valence-corrected chi connectivity index (χ0v) is 17.1. The molecular formula is C19H25ClFN3O5. The lowest BCUT2D eigenvalue weighted by molar-refractivity contribution is -0.466. The van der Waals surface area contributed by atoms with Gasteiger partial charge in [0.2, 0.25) is 0 Å². The molecule has 2 rings (SSSR count). The van der Waals surface area contributed by atoms with Gasteiger partial charge in [0.05, 0.1) is 5.02 Å². The number of carbonyl (C=O) groups is 2. The Morgan fingerprint density at radius 1 is 1.45 bits per heavy atom. The van der Waals surface area contributed by atoms with Gasteiger partial charge in [-0.3, -0.25) is 9.59 Å². The fourth-order valence-electron chi connectivity index (χ4n) is 2.63. The fourth-order valence-corrected chi connectivity index (χ4v) is 2.74. The molecule has 1 aliphatic rings. The third kappa shape index (κ3) is 7.28. The van der Waals surface area contributed by atoms with Gasteiger partial charge >= 0.3 is 0 Å². The molecule has 0 aliphatic carbocycles. The van der Waals surface area contributed by atoms with E-state index >= 15 is 0 Å². The Kier molecular flexibility index (Phi) is 8.84. The maximum absolute atomic E-state index is 13.3. The van der Waals surface area contributed by atoms with Crippen molar-refractivity contribution < 1.29 is 28.6 Å². The van der Waals surface area contributed by atoms with Crippen LogP contribution in [0.3, 0.4) is 0 Å². The van der Waals surface area contributed by atoms with Gasteiger partial charge in [0.1, 0.15) is 11.6 Å². The molecule has 2 unspecified atom stereocenters. The van der Waals surface area contributed by atoms with Crippen LogP contribution >= 0.6 is 11.6 Å². The first kappa shape index (κ1) is 23.1. The Morgan fingerprint density at radius 3 is 2.90 bits per heavy atom. The second-order valence-corrected chi connectivity index (χ2v) is 6.97. The molecule has 1 heterocycles. The number of hydrogen-bond donors (Lipinski definition) is 2. The summed E-state index contributed by atoms with van der Waals surface area (Å²) >= 11 is 5.58. The Bertz CT molecular complexity index is 749. The van der Waals surface area contributed by atoms with Crippen LogP contribution in [-0.2, 0) is 19.5 Å². The van der Waals surface area contributed by atoms with E-state index < -0.39 is 17.8 Å². The molecule has 0 aromatic heterocycles. The van der Waals surface area contributed by atoms with Gasteiger partial charge < -0.3 is 15.4 Å². The fraction of sp³-hybridized carbons (Fsp3) is 0.474. The second kappa shape index (κ2) is 11.1. The zero-order chi connectivity index (χ0) is 21.4. The van der Waals surface area contributed by atoms with Crippen LogP contribution in [0.2, 0.25) is 5.02 Å². The van der Waals surface area contributed by atoms with Crippen LogP contribution in [0.5, 0.6) is 5.75 Å². The maximum Gasteiger partial charge on any atom is 0.257 e. The molecule has 10 heteroatoms. The minimum atomic E-state index is -0.726. The van der Waals surface area contributed by atoms with Crippen molar-refractivity contribution in [2.75, 3.05) is 20.2 Å². The van der Waals surface area contributed by atoms with Crippen molar-refractivity contribution in [1.82, 2.24) is 15.7 Å². The topological polar surface area (TPSA) is 89.1 Å². The Labute approximate surface area is 173 Å². The minimum absolute atomic E-state index is 0.0233. The minimum Gasteiger partial charge on any atom is -0.484 e. The molecule has 0 saturated carbocycles. The quantitative estimate of drug-likeness (QED) is 0.586. The lowest BCUT2D eigenvalue weighted by Gasteiger charge is -2.33. The average Bonchev–Trinajstić information content (AvgIpc) is 2.69. The van der Waals surface area contributed by atoms with Crippen molar-refractivity contribution in [2.45, 2.75) is 38.3 Å². The molecule has 160 valence electrons. The number of amides is 2. The number of hydroxylamine groups is 2. The molecule has 2 atom stereocenters. The molecule has 1 aromatic carbocycles. The van der Waals surface area contributed by atoms with E-state index in [9.17, 15) is 14.0 Å². The molecular weight excluding hydrogens is 405 g/mol. The summed E-state index contributed by atoms with van der Waals surface area (Å²) in [6.45, 7) is 5.75. The first-order chi connectivity index (χ1) is 13.8. The Hall–Kier alpha value is -2.20. The van der Waals surface area contributed by atoms with Gasteiger partial charge in [0.15, 0.2) is 12.7 Å². The van der Waals surface area contributed by atoms with E-state index in [0.29, 0.717) is 18.5 Å². The molecule has 1 aromatic rings. The number of nitrogens with one attached hydrogen (secondary N) is 2. The van der Waals surface area contributed by atoms with Crippen molar-refractivity contribution in [3.8, 4) is 5.75 Å². The number of nitrogens with zero attached hydrogens (tertiary/aromatic N) is 1. The van der Waals surface area contributed by atoms with Crippen molar-refractivity contribution in [2.24, 2.45) is 0 Å². The van der Waals surface area contributed by atoms with Crippen LogP contribution < -0.4 is 15.4 Å². The zero-order valence-electron chi connectivity index (χ0n) is 16.4. The van der Waals surface area contributed by atoms with Crippen LogP contribution in [0.15, 0.2) is 30.5 Å². The summed E-state index contributed by atoms with van der Waals surface area (Å²) in [7, 11) is 1.75. The van der Waals surface area contributed by atoms with E-state index in [4.69, 9.17) is 26.2 Å². The predicted octanol–water partition coefficient (Wildman–Crippen LogP) is 2.34. The van der Waals surface area contributed by atoms with E-state index in [2.05, 4.69) is 17.2 Å². The molecule has 2 N–H and O–H groups in total. The van der Waals surface area contributed by atoms with Gasteiger partial charge in [0, 0.05) is 44.2 Å². The largest absolute Gasteiger partial charge is 0.484 e. The molecule has 2 amide bonds. The van der Waals surface area contributed by atoms with Gasteiger partial charge in [0.25, 0.3) is 11.8 Å². The Balaban J connectivity index is 1.65. The number of rotatable bonds is 9. The van der Waals surface area contributed by atoms with Gasteiger partial charge in [-0.15, -0.1) is 4.99 Å². The van der Waals surface area contributed by atoms with Crippen LogP contribution in [0, 0.1) is 5.82 Å². The molecule has 1 saturated heterocycles. The van der Waals surface area contributed by atoms with E-state index in [1.54, 1.807) is 12.1 Å². The smallest absolute Gasteiger partial charge is 0.257 e. The summed E-state index contributed by atoms with van der Waals surface area (Å²) in [5, 5.41) is 6.84. The van der Waals surface area contributed by atoms with Crippen molar-refractivity contribution in [3.63, 3.8) is 0 Å². The van der Waals surface area contributed by atoms with Gasteiger partial charge in [-0.2, -0.15) is 5.06 Å². The summed E-state index contributed by atoms with van der Waals surface area (Å²) in [5.74, 6) is -1.16. The summed E-state index contributed by atoms with van der Waals surface area (Å²) in [6.07, 6.45) is 0.931. The van der Waals surface area contributed by atoms with Crippen LogP contribution in [0.1, 0.15) is 26.2 Å². The van der Waals surface area contributed by atoms with E-state index in [0.717, 1.165) is 12.5 Å². The molecule has 8 nitrogen and oxygen atoms in total. The van der Waals surface area contributed by atoms with Crippen LogP contribution in [-0.4, -0.2) is 49.2 Å². The molecule has 0 radical (unpaired) electrons. The molecule has 0 bridgehead atoms. The number of ether oxygens (including phenoxy) is 1. The molecule has 29 heavy (non-hydrogen) atoms. The summed E-state index contributed by atoms with van der Waals surface area (Å²) in [6, 6.07) is 4.00. The van der Waals surface area contributed by atoms with Gasteiger partial charge in [-0.1, -0.05) is 25.1 Å². The third-order valence-corrected chi connectivity index (χ3v) is 4.66. The highest BCUT2D eigenvalue weighted by molar-refractivity contribution is 6.30. The standard InChI is InChI=1S/C19H25ClFN3O5/c1-4-13-9-17(28-29-24(13)3)19(26)23-12(2)7-8-22-18(25)11-27-14-5-6-15(20)16(21)10-14/h5-6,10,13,17H,2,4,7-9,11H2,1,3H3,(H,22,25)(H,23,26). The van der Waals surface area contributed by atoms with Crippen molar-refractivity contribution >= 4 is 23.4 Å². The summed E-state index contributed by atoms with van der Waals surface area (Å²) in [5.41, 5.74) is 0.437.